The van der Waals surface area contributed by atoms with E-state index in [9.17, 15) is 31.2 Å². The van der Waals surface area contributed by atoms with Gasteiger partial charge in [-0.25, -0.2) is 21.6 Å². The molecule has 2 aliphatic rings. The molecular weight excluding hydrogens is 506 g/mol. The second-order valence-electron chi connectivity index (χ2n) is 7.73. The van der Waals surface area contributed by atoms with Gasteiger partial charge in [0, 0.05) is 11.4 Å². The molecule has 1 fully saturated rings. The molecule has 1 aliphatic carbocycles. The Kier molecular flexibility index (Phi) is 6.73. The van der Waals surface area contributed by atoms with Crippen LogP contribution in [0.2, 0.25) is 5.02 Å². The van der Waals surface area contributed by atoms with E-state index in [-0.39, 0.29) is 24.6 Å². The molecule has 0 aromatic heterocycles. The molecule has 13 heteroatoms. The number of nitrogens with two attached hydrogens (primary N) is 1. The molecule has 0 saturated heterocycles. The zero-order valence-electron chi connectivity index (χ0n) is 16.7. The van der Waals surface area contributed by atoms with Gasteiger partial charge in [-0.3, -0.25) is 9.59 Å². The van der Waals surface area contributed by atoms with Crippen molar-refractivity contribution >= 4 is 51.3 Å². The monoisotopic (exact) mass is 523 g/mol. The maximum absolute atomic E-state index is 14.7. The highest BCUT2D eigenvalue weighted by atomic mass is 35.5. The average molecular weight is 524 g/mol. The molecule has 33 heavy (non-hydrogen) atoms. The number of hydrogen-bond donors (Lipinski definition) is 2. The molecule has 2 aromatic carbocycles. The average Bonchev–Trinajstić information content (AvgIpc) is 3.32. The van der Waals surface area contributed by atoms with Gasteiger partial charge in [0.25, 0.3) is 11.8 Å². The first kappa shape index (κ1) is 25.3. The molecular formula is C20H18Cl2F3N3O4S. The molecule has 2 amide bonds. The lowest BCUT2D eigenvalue weighted by molar-refractivity contribution is -0.119. The summed E-state index contributed by atoms with van der Waals surface area (Å²) in [7, 11) is -4.19. The number of nitrogens with one attached hydrogen (secondary N) is 1. The number of sulfone groups is 1. The predicted octanol–water partition coefficient (Wildman–Crippen LogP) is 2.69. The van der Waals surface area contributed by atoms with E-state index in [1.807, 2.05) is 5.32 Å². The maximum atomic E-state index is 14.7. The van der Waals surface area contributed by atoms with Crippen LogP contribution in [-0.2, 0) is 21.2 Å². The van der Waals surface area contributed by atoms with E-state index < -0.39 is 68.1 Å². The van der Waals surface area contributed by atoms with Gasteiger partial charge >= 0.3 is 0 Å². The van der Waals surface area contributed by atoms with E-state index in [2.05, 4.69) is 0 Å². The van der Waals surface area contributed by atoms with Gasteiger partial charge in [-0.05, 0) is 29.8 Å². The summed E-state index contributed by atoms with van der Waals surface area (Å²) in [5.41, 5.74) is 5.44. The number of fused-ring (bicyclic) bond motifs is 1. The maximum Gasteiger partial charge on any atom is 0.270 e. The molecule has 0 spiro atoms. The van der Waals surface area contributed by atoms with Crippen LogP contribution < -0.4 is 16.0 Å². The summed E-state index contributed by atoms with van der Waals surface area (Å²) in [6, 6.07) is 4.97. The second kappa shape index (κ2) is 8.79. The van der Waals surface area contributed by atoms with Crippen molar-refractivity contribution in [3.05, 3.63) is 58.4 Å². The van der Waals surface area contributed by atoms with E-state index >= 15 is 0 Å². The largest absolute Gasteiger partial charge is 0.343 e. The third kappa shape index (κ3) is 4.96. The van der Waals surface area contributed by atoms with Crippen LogP contribution in [0.25, 0.3) is 0 Å². The Morgan fingerprint density at radius 3 is 2.42 bits per heavy atom. The van der Waals surface area contributed by atoms with Crippen molar-refractivity contribution in [1.82, 2.24) is 5.32 Å². The van der Waals surface area contributed by atoms with Crippen molar-refractivity contribution in [3.63, 3.8) is 0 Å². The first-order valence-electron chi connectivity index (χ1n) is 9.45. The molecule has 4 rings (SSSR count). The fourth-order valence-electron chi connectivity index (χ4n) is 3.44. The van der Waals surface area contributed by atoms with Gasteiger partial charge in [0.1, 0.15) is 5.82 Å². The fourth-order valence-corrected chi connectivity index (χ4v) is 5.13. The molecule has 1 saturated carbocycles. The minimum atomic E-state index is -4.19. The summed E-state index contributed by atoms with van der Waals surface area (Å²) in [5.74, 6) is -6.95. The quantitative estimate of drug-likeness (QED) is 0.640. The number of hydrogen-bond acceptors (Lipinski definition) is 5. The molecule has 7 nitrogen and oxygen atoms in total. The normalized spacial score (nSPS) is 22.6. The van der Waals surface area contributed by atoms with Gasteiger partial charge in [-0.2, -0.15) is 0 Å². The van der Waals surface area contributed by atoms with Crippen LogP contribution in [0.4, 0.5) is 18.9 Å². The van der Waals surface area contributed by atoms with E-state index in [1.165, 1.54) is 0 Å². The van der Waals surface area contributed by atoms with Crippen LogP contribution in [0.15, 0.2) is 41.3 Å². The number of anilines is 1. The summed E-state index contributed by atoms with van der Waals surface area (Å²) in [6.07, 6.45) is -0.574. The lowest BCUT2D eigenvalue weighted by Crippen LogP contribution is -2.45. The highest BCUT2D eigenvalue weighted by Gasteiger charge is 2.58. The number of carbonyl (C=O) groups excluding carboxylic acids is 2. The molecule has 0 bridgehead atoms. The van der Waals surface area contributed by atoms with E-state index in [0.29, 0.717) is 16.7 Å². The van der Waals surface area contributed by atoms with E-state index in [4.69, 9.17) is 17.3 Å². The predicted molar refractivity (Wildman–Crippen MR) is 117 cm³/mol. The number of carbonyl (C=O) groups is 2. The zero-order valence-corrected chi connectivity index (χ0v) is 19.1. The molecule has 2 atom stereocenters. The highest BCUT2D eigenvalue weighted by Crippen LogP contribution is 2.42. The Morgan fingerprint density at radius 1 is 1.24 bits per heavy atom. The van der Waals surface area contributed by atoms with Crippen molar-refractivity contribution in [1.29, 1.82) is 0 Å². The third-order valence-corrected chi connectivity index (χ3v) is 7.33. The number of halogens is 5. The molecule has 1 unspecified atom stereocenters. The van der Waals surface area contributed by atoms with Gasteiger partial charge in [0.15, 0.2) is 9.84 Å². The molecule has 2 aromatic rings. The Hall–Kier alpha value is -2.34. The first-order chi connectivity index (χ1) is 14.9. The summed E-state index contributed by atoms with van der Waals surface area (Å²) in [5, 5.41) is 2.45. The molecule has 0 radical (unpaired) electrons. The molecule has 178 valence electrons. The highest BCUT2D eigenvalue weighted by molar-refractivity contribution is 7.91. The molecule has 1 heterocycles. The lowest BCUT2D eigenvalue weighted by atomic mass is 10.1. The second-order valence-corrected chi connectivity index (χ2v) is 10.2. The minimum absolute atomic E-state index is 0. The summed E-state index contributed by atoms with van der Waals surface area (Å²) in [4.78, 5) is 25.9. The SMILES string of the molecule is Cl.N[C@H]1CS(=O)(=O)c2cc(F)c(C(=O)NC3CC3(F)F)cc2N(Cc2ccc(Cl)cc2)C1=O. The zero-order chi connectivity index (χ0) is 23.4. The first-order valence-corrected chi connectivity index (χ1v) is 11.5. The summed E-state index contributed by atoms with van der Waals surface area (Å²) in [6.45, 7) is -0.139. The lowest BCUT2D eigenvalue weighted by Gasteiger charge is -2.25. The van der Waals surface area contributed by atoms with Gasteiger partial charge in [0.2, 0.25) is 5.91 Å². The Morgan fingerprint density at radius 2 is 1.85 bits per heavy atom. The smallest absolute Gasteiger partial charge is 0.270 e. The van der Waals surface area contributed by atoms with Crippen molar-refractivity contribution in [2.75, 3.05) is 10.7 Å². The molecule has 3 N–H and O–H groups in total. The Bertz CT molecular complexity index is 1230. The van der Waals surface area contributed by atoms with Gasteiger partial charge in [-0.1, -0.05) is 23.7 Å². The number of nitrogens with zero attached hydrogens (tertiary/aromatic N) is 1. The van der Waals surface area contributed by atoms with Crippen molar-refractivity contribution < 1.29 is 31.2 Å². The number of amides is 2. The summed E-state index contributed by atoms with van der Waals surface area (Å²) < 4.78 is 66.5. The van der Waals surface area contributed by atoms with Crippen LogP contribution >= 0.6 is 24.0 Å². The van der Waals surface area contributed by atoms with E-state index in [0.717, 1.165) is 11.0 Å². The number of alkyl halides is 2. The standard InChI is InChI=1S/C20H17ClF3N3O4S.ClH/c21-11-3-1-10(2-4-11)8-27-15-5-12(18(28)26-17-7-20(17,23)24)13(22)6-16(15)32(30,31)9-14(25)19(27)29;/h1-6,14,17H,7-9,25H2,(H,26,28);1H/t14-,17?;/m0./s1. The van der Waals surface area contributed by atoms with Gasteiger partial charge in [0.05, 0.1) is 40.5 Å². The Balaban J connectivity index is 0.00000306. The minimum Gasteiger partial charge on any atom is -0.343 e. The van der Waals surface area contributed by atoms with Crippen molar-refractivity contribution in [3.8, 4) is 0 Å². The van der Waals surface area contributed by atoms with Crippen molar-refractivity contribution in [2.24, 2.45) is 5.73 Å². The van der Waals surface area contributed by atoms with Crippen LogP contribution in [0, 0.1) is 5.82 Å². The fraction of sp³-hybridized carbons (Fsp3) is 0.300. The third-order valence-electron chi connectivity index (χ3n) is 5.29. The number of rotatable bonds is 4. The van der Waals surface area contributed by atoms with Crippen LogP contribution in [0.1, 0.15) is 22.3 Å². The van der Waals surface area contributed by atoms with Crippen LogP contribution in [-0.4, -0.2) is 44.0 Å². The van der Waals surface area contributed by atoms with Crippen molar-refractivity contribution in [2.45, 2.75) is 35.9 Å². The summed E-state index contributed by atoms with van der Waals surface area (Å²) >= 11 is 5.87. The topological polar surface area (TPSA) is 110 Å². The van der Waals surface area contributed by atoms with Gasteiger partial charge in [-0.15, -0.1) is 12.4 Å². The molecule has 1 aliphatic heterocycles. The van der Waals surface area contributed by atoms with Crippen LogP contribution in [0.5, 0.6) is 0 Å². The Labute approximate surface area is 198 Å². The van der Waals surface area contributed by atoms with Gasteiger partial charge < -0.3 is 16.0 Å². The number of benzene rings is 2. The van der Waals surface area contributed by atoms with E-state index in [1.54, 1.807) is 24.3 Å². The van der Waals surface area contributed by atoms with Crippen LogP contribution in [0.3, 0.4) is 0 Å².